The molecule has 1 N–H and O–H groups in total. The minimum absolute atomic E-state index is 0.183. The molecule has 29 heavy (non-hydrogen) atoms. The van der Waals surface area contributed by atoms with E-state index < -0.39 is 6.10 Å². The van der Waals surface area contributed by atoms with Crippen LogP contribution in [0, 0.1) is 13.8 Å². The van der Waals surface area contributed by atoms with Gasteiger partial charge in [0.05, 0.1) is 10.2 Å². The van der Waals surface area contributed by atoms with Crippen LogP contribution < -0.4 is 14.8 Å². The van der Waals surface area contributed by atoms with E-state index in [1.165, 1.54) is 0 Å². The highest BCUT2D eigenvalue weighted by molar-refractivity contribution is 7.22. The number of aromatic nitrogens is 1. The summed E-state index contributed by atoms with van der Waals surface area (Å²) in [5.41, 5.74) is 3.09. The number of carbonyl (C=O) groups excluding carboxylic acids is 1. The molecule has 0 unspecified atom stereocenters. The Kier molecular flexibility index (Phi) is 4.49. The van der Waals surface area contributed by atoms with Gasteiger partial charge in [-0.1, -0.05) is 24.3 Å². The predicted octanol–water partition coefficient (Wildman–Crippen LogP) is 5.42. The Morgan fingerprint density at radius 3 is 2.66 bits per heavy atom. The van der Waals surface area contributed by atoms with Crippen LogP contribution in [0.15, 0.2) is 48.5 Å². The zero-order chi connectivity index (χ0) is 20.0. The zero-order valence-corrected chi connectivity index (χ0v) is 17.5. The number of benzene rings is 2. The fraction of sp³-hybridized carbons (Fsp3) is 0.182. The Balaban J connectivity index is 1.45. The highest BCUT2D eigenvalue weighted by atomic mass is 32.1. The quantitative estimate of drug-likeness (QED) is 0.479. The summed E-state index contributed by atoms with van der Waals surface area (Å²) in [6.45, 7) is 4.31. The SMILES string of the molecule is Cc1sc(NC(=O)[C@@H]2COc3ccccc3O2)c(-c2nc3ccccc3s2)c1C. The van der Waals surface area contributed by atoms with Crippen LogP contribution in [-0.2, 0) is 4.79 Å². The molecule has 1 amide bonds. The maximum Gasteiger partial charge on any atom is 0.269 e. The first-order chi connectivity index (χ1) is 14.1. The zero-order valence-electron chi connectivity index (χ0n) is 15.9. The molecule has 5 nitrogen and oxygen atoms in total. The Morgan fingerprint density at radius 1 is 1.07 bits per heavy atom. The van der Waals surface area contributed by atoms with Crippen LogP contribution in [0.25, 0.3) is 20.8 Å². The molecule has 0 saturated carbocycles. The highest BCUT2D eigenvalue weighted by Gasteiger charge is 2.29. The maximum absolute atomic E-state index is 12.9. The molecule has 1 atom stereocenters. The predicted molar refractivity (Wildman–Crippen MR) is 117 cm³/mol. The molecule has 4 aromatic rings. The van der Waals surface area contributed by atoms with Crippen LogP contribution >= 0.6 is 22.7 Å². The number of thiophene rings is 1. The Bertz CT molecular complexity index is 1200. The van der Waals surface area contributed by atoms with Gasteiger partial charge >= 0.3 is 0 Å². The van der Waals surface area contributed by atoms with E-state index in [-0.39, 0.29) is 12.5 Å². The number of aryl methyl sites for hydroxylation is 1. The van der Waals surface area contributed by atoms with Crippen molar-refractivity contribution >= 4 is 43.8 Å². The maximum atomic E-state index is 12.9. The fourth-order valence-corrected chi connectivity index (χ4v) is 5.50. The van der Waals surface area contributed by atoms with E-state index in [2.05, 4.69) is 25.2 Å². The molecule has 0 aliphatic carbocycles. The monoisotopic (exact) mass is 422 g/mol. The molecule has 1 aliphatic rings. The van der Waals surface area contributed by atoms with Crippen LogP contribution in [0.4, 0.5) is 5.00 Å². The lowest BCUT2D eigenvalue weighted by Crippen LogP contribution is -2.40. The molecule has 0 bridgehead atoms. The van der Waals surface area contributed by atoms with Crippen LogP contribution in [0.2, 0.25) is 0 Å². The van der Waals surface area contributed by atoms with Crippen molar-refractivity contribution in [3.05, 3.63) is 59.0 Å². The number of nitrogens with one attached hydrogen (secondary N) is 1. The third kappa shape index (κ3) is 3.26. The van der Waals surface area contributed by atoms with E-state index in [0.29, 0.717) is 11.5 Å². The van der Waals surface area contributed by atoms with E-state index in [1.54, 1.807) is 28.7 Å². The second-order valence-electron chi connectivity index (χ2n) is 6.83. The van der Waals surface area contributed by atoms with Crippen molar-refractivity contribution in [3.63, 3.8) is 0 Å². The lowest BCUT2D eigenvalue weighted by Gasteiger charge is -2.25. The van der Waals surface area contributed by atoms with Crippen LogP contribution in [0.3, 0.4) is 0 Å². The number of anilines is 1. The molecule has 0 saturated heterocycles. The molecule has 2 aromatic carbocycles. The van der Waals surface area contributed by atoms with E-state index in [4.69, 9.17) is 14.5 Å². The first-order valence-electron chi connectivity index (χ1n) is 9.25. The lowest BCUT2D eigenvalue weighted by atomic mass is 10.1. The van der Waals surface area contributed by atoms with Gasteiger partial charge in [0, 0.05) is 10.4 Å². The number of fused-ring (bicyclic) bond motifs is 2. The topological polar surface area (TPSA) is 60.5 Å². The third-order valence-corrected chi connectivity index (χ3v) is 7.11. The Morgan fingerprint density at radius 2 is 1.83 bits per heavy atom. The first kappa shape index (κ1) is 18.1. The summed E-state index contributed by atoms with van der Waals surface area (Å²) in [5, 5.41) is 4.77. The lowest BCUT2D eigenvalue weighted by molar-refractivity contribution is -0.125. The number of rotatable bonds is 3. The van der Waals surface area contributed by atoms with Gasteiger partial charge in [0.25, 0.3) is 5.91 Å². The third-order valence-electron chi connectivity index (χ3n) is 4.93. The molecule has 7 heteroatoms. The van der Waals surface area contributed by atoms with Crippen molar-refractivity contribution in [1.82, 2.24) is 4.98 Å². The van der Waals surface area contributed by atoms with E-state index in [9.17, 15) is 4.79 Å². The molecule has 2 aromatic heterocycles. The van der Waals surface area contributed by atoms with Gasteiger partial charge in [0.1, 0.15) is 16.6 Å². The van der Waals surface area contributed by atoms with E-state index in [0.717, 1.165) is 36.2 Å². The van der Waals surface area contributed by atoms with Crippen LogP contribution in [-0.4, -0.2) is 23.6 Å². The normalized spacial score (nSPS) is 15.4. The summed E-state index contributed by atoms with van der Waals surface area (Å²) in [6, 6.07) is 15.4. The Hall–Kier alpha value is -2.90. The molecule has 5 rings (SSSR count). The van der Waals surface area contributed by atoms with Crippen molar-refractivity contribution in [2.45, 2.75) is 20.0 Å². The smallest absolute Gasteiger partial charge is 0.269 e. The molecule has 0 radical (unpaired) electrons. The van der Waals surface area contributed by atoms with Crippen LogP contribution in [0.1, 0.15) is 10.4 Å². The van der Waals surface area contributed by atoms with E-state index >= 15 is 0 Å². The van der Waals surface area contributed by atoms with Gasteiger partial charge in [0.2, 0.25) is 6.10 Å². The molecule has 1 aliphatic heterocycles. The van der Waals surface area contributed by atoms with E-state index in [1.807, 2.05) is 36.4 Å². The molecule has 0 spiro atoms. The van der Waals surface area contributed by atoms with Gasteiger partial charge in [-0.05, 0) is 43.7 Å². The number of nitrogens with zero attached hydrogens (tertiary/aromatic N) is 1. The minimum Gasteiger partial charge on any atom is -0.485 e. The summed E-state index contributed by atoms with van der Waals surface area (Å²) in [5.74, 6) is 1.03. The second-order valence-corrected chi connectivity index (χ2v) is 9.08. The summed E-state index contributed by atoms with van der Waals surface area (Å²) in [7, 11) is 0. The average molecular weight is 423 g/mol. The summed E-state index contributed by atoms with van der Waals surface area (Å²) < 4.78 is 12.7. The van der Waals surface area contributed by atoms with Crippen molar-refractivity contribution in [2.24, 2.45) is 0 Å². The number of carbonyl (C=O) groups is 1. The first-order valence-corrected chi connectivity index (χ1v) is 10.9. The highest BCUT2D eigenvalue weighted by Crippen LogP contribution is 2.43. The largest absolute Gasteiger partial charge is 0.485 e. The van der Waals surface area contributed by atoms with Gasteiger partial charge in [0.15, 0.2) is 11.5 Å². The van der Waals surface area contributed by atoms with Crippen molar-refractivity contribution in [1.29, 1.82) is 0 Å². The minimum atomic E-state index is -0.698. The fourth-order valence-electron chi connectivity index (χ4n) is 3.29. The summed E-state index contributed by atoms with van der Waals surface area (Å²) in [4.78, 5) is 18.9. The number of hydrogen-bond donors (Lipinski definition) is 1. The molecule has 146 valence electrons. The number of amides is 1. The van der Waals surface area contributed by atoms with Crippen molar-refractivity contribution in [2.75, 3.05) is 11.9 Å². The van der Waals surface area contributed by atoms with Crippen molar-refractivity contribution < 1.29 is 14.3 Å². The van der Waals surface area contributed by atoms with Gasteiger partial charge < -0.3 is 14.8 Å². The van der Waals surface area contributed by atoms with Gasteiger partial charge in [-0.25, -0.2) is 4.98 Å². The number of para-hydroxylation sites is 3. The average Bonchev–Trinajstić information content (AvgIpc) is 3.28. The van der Waals surface area contributed by atoms with Crippen molar-refractivity contribution in [3.8, 4) is 22.1 Å². The van der Waals surface area contributed by atoms with Gasteiger partial charge in [-0.2, -0.15) is 0 Å². The summed E-state index contributed by atoms with van der Waals surface area (Å²) in [6.07, 6.45) is -0.698. The molecule has 3 heterocycles. The number of ether oxygens (including phenoxy) is 2. The van der Waals surface area contributed by atoms with Crippen LogP contribution in [0.5, 0.6) is 11.5 Å². The summed E-state index contributed by atoms with van der Waals surface area (Å²) >= 11 is 3.20. The van der Waals surface area contributed by atoms with Gasteiger partial charge in [-0.15, -0.1) is 22.7 Å². The number of thiazole rings is 1. The standard InChI is InChI=1S/C22H18N2O3S2/c1-12-13(2)28-22(19(12)21-23-14-7-3-6-10-18(14)29-21)24-20(25)17-11-26-15-8-4-5-9-16(15)27-17/h3-10,17H,11H2,1-2H3,(H,24,25)/t17-/m0/s1. The Labute approximate surface area is 175 Å². The number of hydrogen-bond acceptors (Lipinski definition) is 6. The van der Waals surface area contributed by atoms with Gasteiger partial charge in [-0.3, -0.25) is 4.79 Å². The second kappa shape index (κ2) is 7.17. The molecular formula is C22H18N2O3S2. The molecular weight excluding hydrogens is 404 g/mol. The molecule has 0 fully saturated rings.